The van der Waals surface area contributed by atoms with Gasteiger partial charge in [0.25, 0.3) is 0 Å². The van der Waals surface area contributed by atoms with Crippen LogP contribution in [-0.2, 0) is 13.0 Å². The van der Waals surface area contributed by atoms with Crippen molar-refractivity contribution in [2.24, 2.45) is 5.73 Å². The Balaban J connectivity index is 2.86. The Labute approximate surface area is 70.8 Å². The van der Waals surface area contributed by atoms with Crippen molar-refractivity contribution in [1.29, 1.82) is 0 Å². The summed E-state index contributed by atoms with van der Waals surface area (Å²) in [7, 11) is 0. The number of benzene rings is 1. The van der Waals surface area contributed by atoms with Gasteiger partial charge in [0.15, 0.2) is 0 Å². The van der Waals surface area contributed by atoms with Crippen LogP contribution in [0.2, 0.25) is 0 Å². The molecule has 0 fully saturated rings. The molecule has 1 aromatic rings. The smallest absolute Gasteiger partial charge is 0.128 e. The number of aliphatic hydroxyl groups is 1. The zero-order valence-electron chi connectivity index (χ0n) is 6.76. The topological polar surface area (TPSA) is 46.2 Å². The molecule has 0 heterocycles. The summed E-state index contributed by atoms with van der Waals surface area (Å²) in [5, 5.41) is 8.67. The maximum atomic E-state index is 13.0. The summed E-state index contributed by atoms with van der Waals surface area (Å²) in [6, 6.07) is 4.78. The minimum absolute atomic E-state index is 0.255. The molecule has 0 atom stereocenters. The molecule has 0 bridgehead atoms. The highest BCUT2D eigenvalue weighted by atomic mass is 19.1. The third kappa shape index (κ3) is 2.03. The highest BCUT2D eigenvalue weighted by molar-refractivity contribution is 5.24. The fourth-order valence-electron chi connectivity index (χ4n) is 1.04. The van der Waals surface area contributed by atoms with E-state index in [9.17, 15) is 4.39 Å². The van der Waals surface area contributed by atoms with Gasteiger partial charge < -0.3 is 10.8 Å². The Bertz CT molecular complexity index is 263. The number of hydrogen-bond acceptors (Lipinski definition) is 2. The van der Waals surface area contributed by atoms with E-state index in [4.69, 9.17) is 10.8 Å². The van der Waals surface area contributed by atoms with Crippen LogP contribution in [0.15, 0.2) is 18.2 Å². The van der Waals surface area contributed by atoms with E-state index in [0.29, 0.717) is 18.5 Å². The van der Waals surface area contributed by atoms with Crippen molar-refractivity contribution in [3.63, 3.8) is 0 Å². The first-order valence-electron chi connectivity index (χ1n) is 3.86. The lowest BCUT2D eigenvalue weighted by Gasteiger charge is -2.02. The maximum absolute atomic E-state index is 13.0. The molecule has 1 aromatic carbocycles. The van der Waals surface area contributed by atoms with Crippen molar-refractivity contribution >= 4 is 0 Å². The second-order valence-electron chi connectivity index (χ2n) is 2.62. The molecule has 0 aliphatic rings. The first-order valence-corrected chi connectivity index (χ1v) is 3.86. The van der Waals surface area contributed by atoms with Gasteiger partial charge in [0.1, 0.15) is 5.82 Å². The molecule has 3 N–H and O–H groups in total. The average Bonchev–Trinajstić information content (AvgIpc) is 2.05. The molecule has 0 aliphatic carbocycles. The molecule has 0 unspecified atom stereocenters. The molecule has 0 aromatic heterocycles. The molecule has 0 radical (unpaired) electrons. The van der Waals surface area contributed by atoms with Crippen molar-refractivity contribution in [3.05, 3.63) is 35.1 Å². The summed E-state index contributed by atoms with van der Waals surface area (Å²) in [5.41, 5.74) is 6.51. The summed E-state index contributed by atoms with van der Waals surface area (Å²) in [6.07, 6.45) is 0.669. The van der Waals surface area contributed by atoms with Crippen LogP contribution in [0.3, 0.4) is 0 Å². The molecule has 0 saturated heterocycles. The first kappa shape index (κ1) is 9.16. The normalized spacial score (nSPS) is 10.2. The predicted molar refractivity (Wildman–Crippen MR) is 45.1 cm³/mol. The van der Waals surface area contributed by atoms with Gasteiger partial charge >= 0.3 is 0 Å². The number of rotatable bonds is 3. The molecule has 0 spiro atoms. The van der Waals surface area contributed by atoms with Crippen LogP contribution >= 0.6 is 0 Å². The van der Waals surface area contributed by atoms with E-state index in [-0.39, 0.29) is 12.4 Å². The first-order chi connectivity index (χ1) is 5.77. The second kappa shape index (κ2) is 4.18. The Morgan fingerprint density at radius 3 is 2.67 bits per heavy atom. The number of hydrogen-bond donors (Lipinski definition) is 2. The monoisotopic (exact) mass is 169 g/mol. The van der Waals surface area contributed by atoms with Crippen LogP contribution in [-0.4, -0.2) is 11.7 Å². The van der Waals surface area contributed by atoms with Crippen molar-refractivity contribution in [3.8, 4) is 0 Å². The van der Waals surface area contributed by atoms with Gasteiger partial charge in [-0.05, 0) is 24.6 Å². The number of nitrogens with two attached hydrogens (primary N) is 1. The van der Waals surface area contributed by atoms with Crippen molar-refractivity contribution in [1.82, 2.24) is 0 Å². The molecule has 0 amide bonds. The molecule has 0 aliphatic heterocycles. The van der Waals surface area contributed by atoms with Crippen LogP contribution in [0.5, 0.6) is 0 Å². The van der Waals surface area contributed by atoms with Gasteiger partial charge in [-0.1, -0.05) is 12.1 Å². The van der Waals surface area contributed by atoms with E-state index >= 15 is 0 Å². The zero-order valence-corrected chi connectivity index (χ0v) is 6.76. The van der Waals surface area contributed by atoms with Gasteiger partial charge in [-0.25, -0.2) is 4.39 Å². The number of halogens is 1. The van der Waals surface area contributed by atoms with E-state index in [2.05, 4.69) is 0 Å². The molecular weight excluding hydrogens is 157 g/mol. The molecule has 1 rings (SSSR count). The fraction of sp³-hybridized carbons (Fsp3) is 0.333. The summed E-state index contributed by atoms with van der Waals surface area (Å²) in [6.45, 7) is 0.257. The van der Waals surface area contributed by atoms with E-state index < -0.39 is 0 Å². The SMILES string of the molecule is NCCc1ccc(CO)c(F)c1. The quantitative estimate of drug-likeness (QED) is 0.703. The molecular formula is C9H12FNO. The Morgan fingerprint density at radius 2 is 2.17 bits per heavy atom. The highest BCUT2D eigenvalue weighted by Crippen LogP contribution is 2.10. The lowest BCUT2D eigenvalue weighted by Crippen LogP contribution is -2.03. The molecule has 12 heavy (non-hydrogen) atoms. The van der Waals surface area contributed by atoms with Crippen molar-refractivity contribution in [2.75, 3.05) is 6.54 Å². The van der Waals surface area contributed by atoms with Crippen LogP contribution in [0.25, 0.3) is 0 Å². The maximum Gasteiger partial charge on any atom is 0.128 e. The highest BCUT2D eigenvalue weighted by Gasteiger charge is 2.00. The largest absolute Gasteiger partial charge is 0.392 e. The predicted octanol–water partition coefficient (Wildman–Crippen LogP) is 0.819. The lowest BCUT2D eigenvalue weighted by atomic mass is 10.1. The molecule has 2 nitrogen and oxygen atoms in total. The third-order valence-corrected chi connectivity index (χ3v) is 1.72. The molecule has 0 saturated carbocycles. The van der Waals surface area contributed by atoms with Gasteiger partial charge in [0.05, 0.1) is 6.61 Å². The minimum atomic E-state index is -0.358. The summed E-state index contributed by atoms with van der Waals surface area (Å²) >= 11 is 0. The average molecular weight is 169 g/mol. The van der Waals surface area contributed by atoms with E-state index in [1.807, 2.05) is 0 Å². The Morgan fingerprint density at radius 1 is 1.42 bits per heavy atom. The van der Waals surface area contributed by atoms with Gasteiger partial charge in [0, 0.05) is 5.56 Å². The summed E-state index contributed by atoms with van der Waals surface area (Å²) < 4.78 is 13.0. The van der Waals surface area contributed by atoms with Crippen LogP contribution in [0, 0.1) is 5.82 Å². The van der Waals surface area contributed by atoms with E-state index in [0.717, 1.165) is 5.56 Å². The van der Waals surface area contributed by atoms with Crippen molar-refractivity contribution in [2.45, 2.75) is 13.0 Å². The van der Waals surface area contributed by atoms with E-state index in [1.54, 1.807) is 12.1 Å². The van der Waals surface area contributed by atoms with Gasteiger partial charge in [0.2, 0.25) is 0 Å². The number of aliphatic hydroxyl groups excluding tert-OH is 1. The van der Waals surface area contributed by atoms with Gasteiger partial charge in [-0.3, -0.25) is 0 Å². The van der Waals surface area contributed by atoms with Crippen LogP contribution in [0.1, 0.15) is 11.1 Å². The fourth-order valence-corrected chi connectivity index (χ4v) is 1.04. The van der Waals surface area contributed by atoms with Crippen molar-refractivity contribution < 1.29 is 9.50 Å². The zero-order chi connectivity index (χ0) is 8.97. The van der Waals surface area contributed by atoms with Crippen LogP contribution in [0.4, 0.5) is 4.39 Å². The second-order valence-corrected chi connectivity index (χ2v) is 2.62. The Hall–Kier alpha value is -0.930. The molecule has 3 heteroatoms. The standard InChI is InChI=1S/C9H12FNO/c10-9-5-7(3-4-11)1-2-8(9)6-12/h1-2,5,12H,3-4,6,11H2. The minimum Gasteiger partial charge on any atom is -0.392 e. The third-order valence-electron chi connectivity index (χ3n) is 1.72. The van der Waals surface area contributed by atoms with Gasteiger partial charge in [-0.2, -0.15) is 0 Å². The summed E-state index contributed by atoms with van der Waals surface area (Å²) in [4.78, 5) is 0. The van der Waals surface area contributed by atoms with E-state index in [1.165, 1.54) is 6.07 Å². The lowest BCUT2D eigenvalue weighted by molar-refractivity contribution is 0.275. The molecule has 66 valence electrons. The Kier molecular flexibility index (Phi) is 3.19. The summed E-state index contributed by atoms with van der Waals surface area (Å²) in [5.74, 6) is -0.358. The van der Waals surface area contributed by atoms with Crippen LogP contribution < -0.4 is 5.73 Å². The van der Waals surface area contributed by atoms with Gasteiger partial charge in [-0.15, -0.1) is 0 Å².